The Morgan fingerprint density at radius 2 is 2.00 bits per heavy atom. The minimum absolute atomic E-state index is 0.200. The van der Waals surface area contributed by atoms with Crippen molar-refractivity contribution in [3.05, 3.63) is 24.2 Å². The van der Waals surface area contributed by atoms with Crippen molar-refractivity contribution in [3.63, 3.8) is 0 Å². The van der Waals surface area contributed by atoms with E-state index in [1.54, 1.807) is 6.26 Å². The van der Waals surface area contributed by atoms with Crippen molar-refractivity contribution in [2.75, 3.05) is 21.1 Å². The SMILES string of the molecule is CCC(CC)(C(Cc1ccoc1)NC)N(C)C. The molecule has 3 nitrogen and oxygen atoms in total. The van der Waals surface area contributed by atoms with Crippen LogP contribution >= 0.6 is 0 Å². The van der Waals surface area contributed by atoms with Crippen LogP contribution in [0.25, 0.3) is 0 Å². The molecule has 98 valence electrons. The maximum Gasteiger partial charge on any atom is 0.0935 e. The van der Waals surface area contributed by atoms with Gasteiger partial charge >= 0.3 is 0 Å². The fraction of sp³-hybridized carbons (Fsp3) is 0.714. The van der Waals surface area contributed by atoms with E-state index in [1.165, 1.54) is 5.56 Å². The van der Waals surface area contributed by atoms with Gasteiger partial charge in [-0.1, -0.05) is 13.8 Å². The summed E-state index contributed by atoms with van der Waals surface area (Å²) in [6.45, 7) is 4.53. The largest absolute Gasteiger partial charge is 0.472 e. The smallest absolute Gasteiger partial charge is 0.0935 e. The zero-order valence-electron chi connectivity index (χ0n) is 11.8. The molecule has 0 aliphatic rings. The van der Waals surface area contributed by atoms with Crippen molar-refractivity contribution in [3.8, 4) is 0 Å². The van der Waals surface area contributed by atoms with Crippen LogP contribution in [0.2, 0.25) is 0 Å². The molecule has 0 aliphatic heterocycles. The summed E-state index contributed by atoms with van der Waals surface area (Å²) in [5, 5.41) is 3.48. The molecular formula is C14H26N2O. The van der Waals surface area contributed by atoms with E-state index in [4.69, 9.17) is 4.42 Å². The lowest BCUT2D eigenvalue weighted by molar-refractivity contribution is 0.0917. The van der Waals surface area contributed by atoms with E-state index >= 15 is 0 Å². The minimum Gasteiger partial charge on any atom is -0.472 e. The molecule has 1 N–H and O–H groups in total. The van der Waals surface area contributed by atoms with Crippen molar-refractivity contribution in [1.82, 2.24) is 10.2 Å². The zero-order chi connectivity index (χ0) is 12.9. The van der Waals surface area contributed by atoms with E-state index in [2.05, 4.69) is 44.2 Å². The predicted molar refractivity (Wildman–Crippen MR) is 72.3 cm³/mol. The Balaban J connectivity index is 2.89. The molecule has 3 heteroatoms. The van der Waals surface area contributed by atoms with E-state index < -0.39 is 0 Å². The number of hydrogen-bond donors (Lipinski definition) is 1. The van der Waals surface area contributed by atoms with Crippen molar-refractivity contribution in [1.29, 1.82) is 0 Å². The van der Waals surface area contributed by atoms with E-state index in [1.807, 2.05) is 13.3 Å². The van der Waals surface area contributed by atoms with E-state index in [-0.39, 0.29) is 5.54 Å². The Hall–Kier alpha value is -0.800. The molecule has 0 spiro atoms. The second-order valence-corrected chi connectivity index (χ2v) is 4.88. The fourth-order valence-corrected chi connectivity index (χ4v) is 2.89. The Bertz CT molecular complexity index is 302. The van der Waals surface area contributed by atoms with Gasteiger partial charge in [-0.25, -0.2) is 0 Å². The van der Waals surface area contributed by atoms with Gasteiger partial charge in [-0.05, 0) is 52.0 Å². The van der Waals surface area contributed by atoms with Crippen LogP contribution in [0.15, 0.2) is 23.0 Å². The summed E-state index contributed by atoms with van der Waals surface area (Å²) in [6, 6.07) is 2.49. The molecule has 0 saturated heterocycles. The number of likely N-dealkylation sites (N-methyl/N-ethyl adjacent to an activating group) is 2. The quantitative estimate of drug-likeness (QED) is 0.791. The number of nitrogens with zero attached hydrogens (tertiary/aromatic N) is 1. The Labute approximate surface area is 105 Å². The number of nitrogens with one attached hydrogen (secondary N) is 1. The van der Waals surface area contributed by atoms with Gasteiger partial charge in [-0.15, -0.1) is 0 Å². The predicted octanol–water partition coefficient (Wildman–Crippen LogP) is 2.53. The molecular weight excluding hydrogens is 212 g/mol. The molecule has 17 heavy (non-hydrogen) atoms. The average molecular weight is 238 g/mol. The summed E-state index contributed by atoms with van der Waals surface area (Å²) >= 11 is 0. The van der Waals surface area contributed by atoms with Gasteiger partial charge in [-0.3, -0.25) is 0 Å². The summed E-state index contributed by atoms with van der Waals surface area (Å²) < 4.78 is 5.16. The summed E-state index contributed by atoms with van der Waals surface area (Å²) in [7, 11) is 6.40. The molecule has 1 aromatic heterocycles. The standard InChI is InChI=1S/C14H26N2O/c1-6-14(7-2,16(4)5)13(15-3)10-12-8-9-17-11-12/h8-9,11,13,15H,6-7,10H2,1-5H3. The maximum absolute atomic E-state index is 5.16. The lowest BCUT2D eigenvalue weighted by atomic mass is 9.80. The van der Waals surface area contributed by atoms with Gasteiger partial charge in [0.25, 0.3) is 0 Å². The highest BCUT2D eigenvalue weighted by Crippen LogP contribution is 2.27. The van der Waals surface area contributed by atoms with Crippen LogP contribution in [0.3, 0.4) is 0 Å². The Morgan fingerprint density at radius 3 is 2.35 bits per heavy atom. The van der Waals surface area contributed by atoms with Crippen LogP contribution in [0.4, 0.5) is 0 Å². The van der Waals surface area contributed by atoms with Gasteiger partial charge in [0.1, 0.15) is 0 Å². The molecule has 0 aliphatic carbocycles. The lowest BCUT2D eigenvalue weighted by Crippen LogP contribution is -2.58. The lowest BCUT2D eigenvalue weighted by Gasteiger charge is -2.45. The molecule has 1 unspecified atom stereocenters. The first-order valence-corrected chi connectivity index (χ1v) is 6.46. The molecule has 0 amide bonds. The topological polar surface area (TPSA) is 28.4 Å². The second kappa shape index (κ2) is 6.22. The molecule has 1 heterocycles. The van der Waals surface area contributed by atoms with E-state index in [0.717, 1.165) is 19.3 Å². The minimum atomic E-state index is 0.200. The fourth-order valence-electron chi connectivity index (χ4n) is 2.89. The highest BCUT2D eigenvalue weighted by molar-refractivity contribution is 5.11. The molecule has 0 bridgehead atoms. The Kier molecular flexibility index (Phi) is 5.22. The third-order valence-electron chi connectivity index (χ3n) is 4.13. The third-order valence-corrected chi connectivity index (χ3v) is 4.13. The molecule has 1 rings (SSSR count). The van der Waals surface area contributed by atoms with Crippen LogP contribution in [-0.2, 0) is 6.42 Å². The molecule has 1 aromatic rings. The van der Waals surface area contributed by atoms with Crippen LogP contribution in [0.5, 0.6) is 0 Å². The third kappa shape index (κ3) is 2.90. The van der Waals surface area contributed by atoms with Gasteiger partial charge < -0.3 is 14.6 Å². The van der Waals surface area contributed by atoms with Crippen LogP contribution < -0.4 is 5.32 Å². The summed E-state index contributed by atoms with van der Waals surface area (Å²) in [6.07, 6.45) is 6.87. The summed E-state index contributed by atoms with van der Waals surface area (Å²) in [5.41, 5.74) is 1.46. The van der Waals surface area contributed by atoms with Crippen molar-refractivity contribution in [2.45, 2.75) is 44.7 Å². The first kappa shape index (κ1) is 14.3. The van der Waals surface area contributed by atoms with Gasteiger partial charge in [0.2, 0.25) is 0 Å². The molecule has 0 aromatic carbocycles. The molecule has 0 radical (unpaired) electrons. The maximum atomic E-state index is 5.16. The second-order valence-electron chi connectivity index (χ2n) is 4.88. The van der Waals surface area contributed by atoms with E-state index in [0.29, 0.717) is 6.04 Å². The average Bonchev–Trinajstić information content (AvgIpc) is 2.82. The Morgan fingerprint density at radius 1 is 1.35 bits per heavy atom. The number of hydrogen-bond acceptors (Lipinski definition) is 3. The van der Waals surface area contributed by atoms with Crippen molar-refractivity contribution in [2.24, 2.45) is 0 Å². The summed E-state index contributed by atoms with van der Waals surface area (Å²) in [5.74, 6) is 0. The zero-order valence-corrected chi connectivity index (χ0v) is 11.8. The van der Waals surface area contributed by atoms with Crippen molar-refractivity contribution < 1.29 is 4.42 Å². The van der Waals surface area contributed by atoms with Crippen LogP contribution in [-0.4, -0.2) is 37.6 Å². The monoisotopic (exact) mass is 238 g/mol. The summed E-state index contributed by atoms with van der Waals surface area (Å²) in [4.78, 5) is 2.36. The van der Waals surface area contributed by atoms with Gasteiger partial charge in [0.15, 0.2) is 0 Å². The van der Waals surface area contributed by atoms with Crippen LogP contribution in [0.1, 0.15) is 32.3 Å². The first-order valence-electron chi connectivity index (χ1n) is 6.46. The number of furan rings is 1. The van der Waals surface area contributed by atoms with Gasteiger partial charge in [-0.2, -0.15) is 0 Å². The highest BCUT2D eigenvalue weighted by Gasteiger charge is 2.36. The molecule has 0 fully saturated rings. The highest BCUT2D eigenvalue weighted by atomic mass is 16.3. The molecule has 0 saturated carbocycles. The van der Waals surface area contributed by atoms with Crippen molar-refractivity contribution >= 4 is 0 Å². The van der Waals surface area contributed by atoms with E-state index in [9.17, 15) is 0 Å². The van der Waals surface area contributed by atoms with Crippen LogP contribution in [0, 0.1) is 0 Å². The number of rotatable bonds is 7. The first-order chi connectivity index (χ1) is 8.10. The van der Waals surface area contributed by atoms with Gasteiger partial charge in [0, 0.05) is 11.6 Å². The molecule has 1 atom stereocenters. The normalized spacial score (nSPS) is 14.2. The van der Waals surface area contributed by atoms with Gasteiger partial charge in [0.05, 0.1) is 12.5 Å².